The van der Waals surface area contributed by atoms with Crippen LogP contribution in [-0.2, 0) is 17.6 Å². The molecule has 1 aliphatic rings. The van der Waals surface area contributed by atoms with Crippen LogP contribution in [-0.4, -0.2) is 34.8 Å². The van der Waals surface area contributed by atoms with Gasteiger partial charge in [-0.05, 0) is 72.2 Å². The van der Waals surface area contributed by atoms with Gasteiger partial charge in [0, 0.05) is 24.9 Å². The van der Waals surface area contributed by atoms with Crippen LogP contribution in [0.15, 0.2) is 60.9 Å². The Morgan fingerprint density at radius 2 is 1.85 bits per heavy atom. The molecule has 1 aromatic heterocycles. The van der Waals surface area contributed by atoms with Crippen molar-refractivity contribution >= 4 is 16.7 Å². The van der Waals surface area contributed by atoms with E-state index in [-0.39, 0.29) is 12.5 Å². The number of hydrogen-bond acceptors (Lipinski definition) is 4. The second kappa shape index (κ2) is 11.8. The molecule has 1 aliphatic carbocycles. The smallest absolute Gasteiger partial charge is 0.220 e. The molecule has 1 unspecified atom stereocenters. The van der Waals surface area contributed by atoms with Gasteiger partial charge >= 0.3 is 0 Å². The topological polar surface area (TPSA) is 71.5 Å². The minimum atomic E-state index is -0.525. The van der Waals surface area contributed by atoms with E-state index in [2.05, 4.69) is 28.5 Å². The number of aliphatic hydroxyl groups is 1. The Morgan fingerprint density at radius 1 is 1.03 bits per heavy atom. The third-order valence-corrected chi connectivity index (χ3v) is 6.42. The van der Waals surface area contributed by atoms with Crippen molar-refractivity contribution in [3.05, 3.63) is 72.1 Å². The highest BCUT2D eigenvalue weighted by atomic mass is 16.5. The third-order valence-electron chi connectivity index (χ3n) is 6.42. The maximum absolute atomic E-state index is 12.3. The van der Waals surface area contributed by atoms with Gasteiger partial charge in [-0.25, -0.2) is 0 Å². The van der Waals surface area contributed by atoms with Gasteiger partial charge in [-0.3, -0.25) is 9.78 Å². The Labute approximate surface area is 196 Å². The summed E-state index contributed by atoms with van der Waals surface area (Å²) in [6.07, 6.45) is 11.7. The summed E-state index contributed by atoms with van der Waals surface area (Å²) < 4.78 is 5.83. The minimum Gasteiger partial charge on any atom is -0.491 e. The molecular formula is C28H34N2O3. The second-order valence-electron chi connectivity index (χ2n) is 9.11. The van der Waals surface area contributed by atoms with Crippen LogP contribution >= 0.6 is 0 Å². The van der Waals surface area contributed by atoms with Gasteiger partial charge in [0.25, 0.3) is 0 Å². The first-order valence-corrected chi connectivity index (χ1v) is 12.2. The standard InChI is InChI=1S/C28H34N2O3/c31-26(13-9-22-5-4-16-29-19-22)20-33-27-14-12-23-17-21(8-11-24(23)18-27)10-15-28(32)30-25-6-2-1-3-7-25/h4-5,8,11-12,14,16-19,25-26,31H,1-3,6-7,9-10,13,15,20H2,(H,30,32). The lowest BCUT2D eigenvalue weighted by atomic mass is 9.95. The van der Waals surface area contributed by atoms with Crippen molar-refractivity contribution in [2.24, 2.45) is 0 Å². The third kappa shape index (κ3) is 7.29. The summed E-state index contributed by atoms with van der Waals surface area (Å²) in [5.74, 6) is 0.912. The molecule has 0 aliphatic heterocycles. The van der Waals surface area contributed by atoms with Crippen LogP contribution in [0.4, 0.5) is 0 Å². The van der Waals surface area contributed by atoms with E-state index in [0.717, 1.165) is 47.8 Å². The Hall–Kier alpha value is -2.92. The molecule has 0 spiro atoms. The normalized spacial score (nSPS) is 15.3. The van der Waals surface area contributed by atoms with Gasteiger partial charge in [-0.2, -0.15) is 0 Å². The van der Waals surface area contributed by atoms with Crippen LogP contribution in [0.25, 0.3) is 10.8 Å². The largest absolute Gasteiger partial charge is 0.491 e. The van der Waals surface area contributed by atoms with Crippen molar-refractivity contribution in [3.63, 3.8) is 0 Å². The predicted octanol–water partition coefficient (Wildman–Crippen LogP) is 4.99. The van der Waals surface area contributed by atoms with E-state index in [1.54, 1.807) is 6.20 Å². The summed E-state index contributed by atoms with van der Waals surface area (Å²) in [5, 5.41) is 15.7. The van der Waals surface area contributed by atoms with Gasteiger partial charge in [-0.1, -0.05) is 49.6 Å². The number of pyridine rings is 1. The molecule has 4 rings (SSSR count). The summed E-state index contributed by atoms with van der Waals surface area (Å²) in [7, 11) is 0. The minimum absolute atomic E-state index is 0.160. The number of nitrogens with zero attached hydrogens (tertiary/aromatic N) is 1. The number of carbonyl (C=O) groups excluding carboxylic acids is 1. The van der Waals surface area contributed by atoms with E-state index >= 15 is 0 Å². The van der Waals surface area contributed by atoms with Crippen LogP contribution in [0.2, 0.25) is 0 Å². The van der Waals surface area contributed by atoms with Crippen molar-refractivity contribution in [1.82, 2.24) is 10.3 Å². The molecule has 1 heterocycles. The zero-order valence-corrected chi connectivity index (χ0v) is 19.2. The Bertz CT molecular complexity index is 1030. The van der Waals surface area contributed by atoms with Crippen molar-refractivity contribution < 1.29 is 14.6 Å². The van der Waals surface area contributed by atoms with E-state index in [1.165, 1.54) is 24.8 Å². The van der Waals surface area contributed by atoms with E-state index in [0.29, 0.717) is 18.9 Å². The molecule has 1 fully saturated rings. The maximum Gasteiger partial charge on any atom is 0.220 e. The molecule has 1 atom stereocenters. The first-order chi connectivity index (χ1) is 16.2. The quantitative estimate of drug-likeness (QED) is 0.460. The fourth-order valence-corrected chi connectivity index (χ4v) is 4.48. The molecule has 0 saturated heterocycles. The molecule has 33 heavy (non-hydrogen) atoms. The Kier molecular flexibility index (Phi) is 8.31. The number of aromatic nitrogens is 1. The summed E-state index contributed by atoms with van der Waals surface area (Å²) >= 11 is 0. The molecule has 0 radical (unpaired) electrons. The van der Waals surface area contributed by atoms with Crippen LogP contribution < -0.4 is 10.1 Å². The number of fused-ring (bicyclic) bond motifs is 1. The highest BCUT2D eigenvalue weighted by Gasteiger charge is 2.15. The molecule has 5 nitrogen and oxygen atoms in total. The van der Waals surface area contributed by atoms with E-state index in [1.807, 2.05) is 36.5 Å². The second-order valence-corrected chi connectivity index (χ2v) is 9.11. The molecular weight excluding hydrogens is 412 g/mol. The van der Waals surface area contributed by atoms with Gasteiger partial charge in [0.05, 0.1) is 6.10 Å². The average molecular weight is 447 g/mol. The van der Waals surface area contributed by atoms with Crippen molar-refractivity contribution in [2.75, 3.05) is 6.61 Å². The molecule has 1 saturated carbocycles. The van der Waals surface area contributed by atoms with Crippen LogP contribution in [0.1, 0.15) is 56.1 Å². The van der Waals surface area contributed by atoms with E-state index in [9.17, 15) is 9.90 Å². The number of aliphatic hydroxyl groups excluding tert-OH is 1. The van der Waals surface area contributed by atoms with E-state index < -0.39 is 6.10 Å². The summed E-state index contributed by atoms with van der Waals surface area (Å²) in [4.78, 5) is 16.4. The van der Waals surface area contributed by atoms with Crippen molar-refractivity contribution in [1.29, 1.82) is 0 Å². The zero-order chi connectivity index (χ0) is 22.9. The van der Waals surface area contributed by atoms with Crippen LogP contribution in [0, 0.1) is 0 Å². The van der Waals surface area contributed by atoms with Gasteiger partial charge < -0.3 is 15.2 Å². The fraction of sp³-hybridized carbons (Fsp3) is 0.429. The molecule has 2 aromatic carbocycles. The fourth-order valence-electron chi connectivity index (χ4n) is 4.48. The number of ether oxygens (including phenoxy) is 1. The maximum atomic E-state index is 12.3. The first-order valence-electron chi connectivity index (χ1n) is 12.2. The highest BCUT2D eigenvalue weighted by molar-refractivity contribution is 5.84. The van der Waals surface area contributed by atoms with Crippen molar-refractivity contribution in [2.45, 2.75) is 69.9 Å². The van der Waals surface area contributed by atoms with E-state index in [4.69, 9.17) is 4.74 Å². The number of rotatable bonds is 10. The molecule has 0 bridgehead atoms. The SMILES string of the molecule is O=C(CCc1ccc2cc(OCC(O)CCc3cccnc3)ccc2c1)NC1CCCCC1. The van der Waals surface area contributed by atoms with Gasteiger partial charge in [0.2, 0.25) is 5.91 Å². The van der Waals surface area contributed by atoms with Gasteiger partial charge in [0.15, 0.2) is 0 Å². The number of hydrogen-bond donors (Lipinski definition) is 2. The number of aryl methyl sites for hydroxylation is 2. The number of nitrogens with one attached hydrogen (secondary N) is 1. The van der Waals surface area contributed by atoms with Crippen LogP contribution in [0.3, 0.4) is 0 Å². The molecule has 5 heteroatoms. The van der Waals surface area contributed by atoms with Gasteiger partial charge in [0.1, 0.15) is 12.4 Å². The lowest BCUT2D eigenvalue weighted by Gasteiger charge is -2.22. The lowest BCUT2D eigenvalue weighted by molar-refractivity contribution is -0.121. The number of amides is 1. The summed E-state index contributed by atoms with van der Waals surface area (Å²) in [6.45, 7) is 0.264. The monoisotopic (exact) mass is 446 g/mol. The zero-order valence-electron chi connectivity index (χ0n) is 19.2. The summed E-state index contributed by atoms with van der Waals surface area (Å²) in [5.41, 5.74) is 2.28. The van der Waals surface area contributed by atoms with Crippen molar-refractivity contribution in [3.8, 4) is 5.75 Å². The van der Waals surface area contributed by atoms with Gasteiger partial charge in [-0.15, -0.1) is 0 Å². The Balaban J connectivity index is 1.24. The molecule has 3 aromatic rings. The number of benzene rings is 2. The predicted molar refractivity (Wildman–Crippen MR) is 131 cm³/mol. The number of carbonyl (C=O) groups is 1. The molecule has 1 amide bonds. The first kappa shape index (κ1) is 23.2. The highest BCUT2D eigenvalue weighted by Crippen LogP contribution is 2.23. The average Bonchev–Trinajstić information content (AvgIpc) is 2.86. The summed E-state index contributed by atoms with van der Waals surface area (Å²) in [6, 6.07) is 16.6. The molecule has 174 valence electrons. The van der Waals surface area contributed by atoms with Crippen LogP contribution in [0.5, 0.6) is 5.75 Å². The lowest BCUT2D eigenvalue weighted by Crippen LogP contribution is -2.36. The molecule has 2 N–H and O–H groups in total. The Morgan fingerprint density at radius 3 is 2.67 bits per heavy atom.